The topological polar surface area (TPSA) is 21.3 Å². The van der Waals surface area contributed by atoms with Crippen molar-refractivity contribution in [1.82, 2.24) is 5.32 Å². The van der Waals surface area contributed by atoms with Gasteiger partial charge in [0.15, 0.2) is 0 Å². The minimum absolute atomic E-state index is 0.0773. The third kappa shape index (κ3) is 2.10. The lowest BCUT2D eigenvalue weighted by Gasteiger charge is -2.15. The number of piperidine rings is 1. The van der Waals surface area contributed by atoms with Gasteiger partial charge in [-0.1, -0.05) is 19.1 Å². The first kappa shape index (κ1) is 12.8. The Hall–Kier alpha value is -1.23. The SMILES string of the molecule is Cc1ccc(C2C3CNCC32C)cc1OC(F)(F)F. The van der Waals surface area contributed by atoms with E-state index in [0.29, 0.717) is 17.4 Å². The van der Waals surface area contributed by atoms with E-state index in [1.165, 1.54) is 0 Å². The summed E-state index contributed by atoms with van der Waals surface area (Å²) in [5, 5.41) is 3.32. The zero-order valence-electron chi connectivity index (χ0n) is 10.8. The summed E-state index contributed by atoms with van der Waals surface area (Å²) in [5.41, 5.74) is 1.67. The number of halogens is 3. The number of benzene rings is 1. The second kappa shape index (κ2) is 3.88. The molecule has 0 bridgehead atoms. The van der Waals surface area contributed by atoms with Crippen molar-refractivity contribution in [2.75, 3.05) is 13.1 Å². The van der Waals surface area contributed by atoms with Gasteiger partial charge in [-0.3, -0.25) is 0 Å². The van der Waals surface area contributed by atoms with Crippen LogP contribution < -0.4 is 10.1 Å². The highest BCUT2D eigenvalue weighted by Crippen LogP contribution is 2.66. The molecule has 1 saturated carbocycles. The van der Waals surface area contributed by atoms with E-state index in [1.54, 1.807) is 19.1 Å². The summed E-state index contributed by atoms with van der Waals surface area (Å²) in [7, 11) is 0. The molecule has 3 atom stereocenters. The first-order chi connectivity index (χ1) is 8.81. The smallest absolute Gasteiger partial charge is 0.406 e. The van der Waals surface area contributed by atoms with Gasteiger partial charge in [0.05, 0.1) is 0 Å². The molecule has 5 heteroatoms. The van der Waals surface area contributed by atoms with Gasteiger partial charge >= 0.3 is 6.36 Å². The number of nitrogens with one attached hydrogen (secondary N) is 1. The minimum atomic E-state index is -4.63. The normalized spacial score (nSPS) is 33.1. The lowest BCUT2D eigenvalue weighted by Crippen LogP contribution is -2.19. The van der Waals surface area contributed by atoms with Gasteiger partial charge in [0, 0.05) is 6.54 Å². The molecule has 0 radical (unpaired) electrons. The highest BCUT2D eigenvalue weighted by Gasteiger charge is 2.63. The molecule has 104 valence electrons. The van der Waals surface area contributed by atoms with Gasteiger partial charge < -0.3 is 10.1 Å². The van der Waals surface area contributed by atoms with Crippen molar-refractivity contribution >= 4 is 0 Å². The first-order valence-corrected chi connectivity index (χ1v) is 6.38. The van der Waals surface area contributed by atoms with Crippen LogP contribution in [0.2, 0.25) is 0 Å². The van der Waals surface area contributed by atoms with Crippen LogP contribution in [0.15, 0.2) is 18.2 Å². The average Bonchev–Trinajstić information content (AvgIpc) is 2.67. The van der Waals surface area contributed by atoms with E-state index in [4.69, 9.17) is 0 Å². The molecule has 2 nitrogen and oxygen atoms in total. The van der Waals surface area contributed by atoms with Gasteiger partial charge in [0.1, 0.15) is 5.75 Å². The number of aryl methyl sites for hydroxylation is 1. The summed E-state index contributed by atoms with van der Waals surface area (Å²) in [6.07, 6.45) is -4.63. The molecule has 0 aromatic heterocycles. The van der Waals surface area contributed by atoms with E-state index >= 15 is 0 Å². The fourth-order valence-corrected chi connectivity index (χ4v) is 3.41. The highest BCUT2D eigenvalue weighted by molar-refractivity contribution is 5.43. The maximum Gasteiger partial charge on any atom is 0.573 e. The third-order valence-corrected chi connectivity index (χ3v) is 4.52. The monoisotopic (exact) mass is 271 g/mol. The molecule has 2 fully saturated rings. The molecule has 0 spiro atoms. The van der Waals surface area contributed by atoms with Crippen LogP contribution in [0.25, 0.3) is 0 Å². The van der Waals surface area contributed by atoms with Crippen molar-refractivity contribution < 1.29 is 17.9 Å². The van der Waals surface area contributed by atoms with E-state index in [0.717, 1.165) is 18.7 Å². The quantitative estimate of drug-likeness (QED) is 0.891. The number of rotatable bonds is 2. The summed E-state index contributed by atoms with van der Waals surface area (Å²) in [6.45, 7) is 5.70. The van der Waals surface area contributed by atoms with E-state index in [9.17, 15) is 13.2 Å². The van der Waals surface area contributed by atoms with Crippen LogP contribution >= 0.6 is 0 Å². The van der Waals surface area contributed by atoms with Crippen LogP contribution in [0.3, 0.4) is 0 Å². The van der Waals surface area contributed by atoms with E-state index in [2.05, 4.69) is 17.0 Å². The van der Waals surface area contributed by atoms with Gasteiger partial charge in [-0.25, -0.2) is 0 Å². The Morgan fingerprint density at radius 2 is 2.11 bits per heavy atom. The Balaban J connectivity index is 1.87. The van der Waals surface area contributed by atoms with Crippen LogP contribution in [0, 0.1) is 18.3 Å². The zero-order chi connectivity index (χ0) is 13.8. The fraction of sp³-hybridized carbons (Fsp3) is 0.571. The number of hydrogen-bond acceptors (Lipinski definition) is 2. The van der Waals surface area contributed by atoms with Gasteiger partial charge in [-0.2, -0.15) is 0 Å². The summed E-state index contributed by atoms with van der Waals surface area (Å²) in [5.74, 6) is 0.811. The largest absolute Gasteiger partial charge is 0.573 e. The Morgan fingerprint density at radius 1 is 1.37 bits per heavy atom. The molecule has 2 aliphatic rings. The predicted octanol–water partition coefficient (Wildman–Crippen LogP) is 3.22. The molecule has 1 aliphatic carbocycles. The lowest BCUT2D eigenvalue weighted by molar-refractivity contribution is -0.274. The van der Waals surface area contributed by atoms with Crippen molar-refractivity contribution in [1.29, 1.82) is 0 Å². The fourth-order valence-electron chi connectivity index (χ4n) is 3.41. The number of ether oxygens (including phenoxy) is 1. The Kier molecular flexibility index (Phi) is 2.61. The number of hydrogen-bond donors (Lipinski definition) is 1. The second-order valence-corrected chi connectivity index (χ2v) is 5.79. The number of alkyl halides is 3. The summed E-state index contributed by atoms with van der Waals surface area (Å²) in [4.78, 5) is 0. The maximum atomic E-state index is 12.3. The van der Waals surface area contributed by atoms with Gasteiger partial charge in [-0.15, -0.1) is 13.2 Å². The lowest BCUT2D eigenvalue weighted by atomic mass is 10.00. The zero-order valence-corrected chi connectivity index (χ0v) is 10.8. The molecule has 0 amide bonds. The van der Waals surface area contributed by atoms with Crippen LogP contribution in [0.5, 0.6) is 5.75 Å². The van der Waals surface area contributed by atoms with Crippen LogP contribution in [0.1, 0.15) is 24.0 Å². The van der Waals surface area contributed by atoms with Crippen molar-refractivity contribution in [2.45, 2.75) is 26.1 Å². The summed E-state index contributed by atoms with van der Waals surface area (Å²) >= 11 is 0. The molecule has 1 aliphatic heterocycles. The Labute approximate surface area is 109 Å². The van der Waals surface area contributed by atoms with Crippen LogP contribution in [-0.4, -0.2) is 19.5 Å². The summed E-state index contributed by atoms with van der Waals surface area (Å²) < 4.78 is 41.1. The van der Waals surface area contributed by atoms with Crippen LogP contribution in [0.4, 0.5) is 13.2 Å². The van der Waals surface area contributed by atoms with Crippen molar-refractivity contribution in [3.8, 4) is 5.75 Å². The minimum Gasteiger partial charge on any atom is -0.406 e. The van der Waals surface area contributed by atoms with Gasteiger partial charge in [0.25, 0.3) is 0 Å². The molecule has 19 heavy (non-hydrogen) atoms. The molecule has 3 unspecified atom stereocenters. The Bertz CT molecular complexity index is 514. The average molecular weight is 271 g/mol. The molecular formula is C14H16F3NO. The molecule has 1 aromatic rings. The highest BCUT2D eigenvalue weighted by atomic mass is 19.4. The first-order valence-electron chi connectivity index (χ1n) is 6.38. The third-order valence-electron chi connectivity index (χ3n) is 4.52. The second-order valence-electron chi connectivity index (χ2n) is 5.79. The van der Waals surface area contributed by atoms with E-state index < -0.39 is 6.36 Å². The Morgan fingerprint density at radius 3 is 2.68 bits per heavy atom. The standard InChI is InChI=1S/C14H16F3NO/c1-8-3-4-9(5-11(8)19-14(15,16)17)12-10-6-18-7-13(10,12)2/h3-5,10,12,18H,6-7H2,1-2H3. The molecular weight excluding hydrogens is 255 g/mol. The summed E-state index contributed by atoms with van der Waals surface area (Å²) in [6, 6.07) is 5.19. The van der Waals surface area contributed by atoms with E-state index in [-0.39, 0.29) is 11.2 Å². The van der Waals surface area contributed by atoms with Gasteiger partial charge in [-0.05, 0) is 47.9 Å². The van der Waals surface area contributed by atoms with E-state index in [1.807, 2.05) is 6.07 Å². The molecule has 1 N–H and O–H groups in total. The van der Waals surface area contributed by atoms with Crippen molar-refractivity contribution in [2.24, 2.45) is 11.3 Å². The molecule has 1 aromatic carbocycles. The molecule has 3 rings (SSSR count). The molecule has 1 saturated heterocycles. The van der Waals surface area contributed by atoms with Crippen molar-refractivity contribution in [3.63, 3.8) is 0 Å². The van der Waals surface area contributed by atoms with Gasteiger partial charge in [0.2, 0.25) is 0 Å². The van der Waals surface area contributed by atoms with Crippen molar-refractivity contribution in [3.05, 3.63) is 29.3 Å². The molecule has 1 heterocycles. The number of fused-ring (bicyclic) bond motifs is 1. The maximum absolute atomic E-state index is 12.3. The van der Waals surface area contributed by atoms with Crippen LogP contribution in [-0.2, 0) is 0 Å². The predicted molar refractivity (Wildman–Crippen MR) is 65.1 cm³/mol.